The molecule has 0 saturated heterocycles. The van der Waals surface area contributed by atoms with Gasteiger partial charge in [0, 0.05) is 18.0 Å². The zero-order valence-corrected chi connectivity index (χ0v) is 9.86. The first-order valence-corrected chi connectivity index (χ1v) is 6.90. The van der Waals surface area contributed by atoms with Gasteiger partial charge in [-0.05, 0) is 17.4 Å². The molecule has 1 aromatic rings. The highest BCUT2D eigenvalue weighted by Crippen LogP contribution is 2.34. The van der Waals surface area contributed by atoms with Crippen LogP contribution in [0.15, 0.2) is 16.3 Å². The van der Waals surface area contributed by atoms with Crippen LogP contribution in [0.25, 0.3) is 0 Å². The molecule has 0 fully saturated rings. The monoisotopic (exact) mass is 231 g/mol. The van der Waals surface area contributed by atoms with Crippen LogP contribution in [-0.2, 0) is 16.6 Å². The molecule has 2 rings (SSSR count). The molecule has 0 aromatic carbocycles. The van der Waals surface area contributed by atoms with Gasteiger partial charge in [-0.2, -0.15) is 4.31 Å². The van der Waals surface area contributed by atoms with Crippen LogP contribution in [0.1, 0.15) is 18.7 Å². The average molecular weight is 231 g/mol. The van der Waals surface area contributed by atoms with Crippen LogP contribution < -0.4 is 0 Å². The molecule has 2 heterocycles. The molecule has 0 amide bonds. The Hall–Kier alpha value is -0.390. The molecule has 0 unspecified atom stereocenters. The van der Waals surface area contributed by atoms with Crippen molar-refractivity contribution >= 4 is 21.4 Å². The first-order chi connectivity index (χ1) is 6.51. The molecule has 0 N–H and O–H groups in total. The van der Waals surface area contributed by atoms with Crippen molar-refractivity contribution in [2.75, 3.05) is 6.54 Å². The number of rotatable bonds is 2. The van der Waals surface area contributed by atoms with E-state index in [4.69, 9.17) is 0 Å². The molecule has 5 heteroatoms. The topological polar surface area (TPSA) is 37.4 Å². The second-order valence-corrected chi connectivity index (χ2v) is 6.81. The fraction of sp³-hybridized carbons (Fsp3) is 0.556. The maximum absolute atomic E-state index is 11.9. The first-order valence-electron chi connectivity index (χ1n) is 4.58. The van der Waals surface area contributed by atoms with Gasteiger partial charge < -0.3 is 0 Å². The predicted molar refractivity (Wildman–Crippen MR) is 56.8 cm³/mol. The van der Waals surface area contributed by atoms with Crippen LogP contribution in [-0.4, -0.2) is 19.3 Å². The highest BCUT2D eigenvalue weighted by molar-refractivity contribution is 7.89. The van der Waals surface area contributed by atoms with Crippen molar-refractivity contribution in [2.24, 2.45) is 5.92 Å². The molecule has 0 radical (unpaired) electrons. The summed E-state index contributed by atoms with van der Waals surface area (Å²) >= 11 is 1.52. The first kappa shape index (κ1) is 10.1. The van der Waals surface area contributed by atoms with Gasteiger partial charge >= 0.3 is 0 Å². The van der Waals surface area contributed by atoms with Crippen LogP contribution in [0.3, 0.4) is 0 Å². The van der Waals surface area contributed by atoms with Crippen molar-refractivity contribution in [1.29, 1.82) is 0 Å². The Balaban J connectivity index is 2.33. The summed E-state index contributed by atoms with van der Waals surface area (Å²) in [7, 11) is -3.15. The molecular formula is C9H13NO2S2. The lowest BCUT2D eigenvalue weighted by molar-refractivity contribution is 0.377. The number of nitrogens with zero attached hydrogens (tertiary/aromatic N) is 1. The molecule has 3 nitrogen and oxygen atoms in total. The summed E-state index contributed by atoms with van der Waals surface area (Å²) in [6, 6.07) is 1.70. The zero-order chi connectivity index (χ0) is 10.3. The van der Waals surface area contributed by atoms with Crippen molar-refractivity contribution in [2.45, 2.75) is 25.3 Å². The van der Waals surface area contributed by atoms with Crippen molar-refractivity contribution in [3.8, 4) is 0 Å². The molecule has 0 aliphatic carbocycles. The molecular weight excluding hydrogens is 218 g/mol. The van der Waals surface area contributed by atoms with E-state index in [9.17, 15) is 8.42 Å². The standard InChI is InChI=1S/C9H13NO2S2/c1-7(2)5-10-6-8-9(3-4-13-8)14(10,11)12/h3-4,7H,5-6H2,1-2H3. The second-order valence-electron chi connectivity index (χ2n) is 3.90. The Morgan fingerprint density at radius 1 is 1.57 bits per heavy atom. The van der Waals surface area contributed by atoms with Gasteiger partial charge in [0.1, 0.15) is 0 Å². The number of fused-ring (bicyclic) bond motifs is 1. The molecule has 0 saturated carbocycles. The van der Waals surface area contributed by atoms with E-state index in [0.29, 0.717) is 23.9 Å². The van der Waals surface area contributed by atoms with E-state index in [1.54, 1.807) is 10.4 Å². The minimum atomic E-state index is -3.15. The smallest absolute Gasteiger partial charge is 0.207 e. The maximum atomic E-state index is 11.9. The van der Waals surface area contributed by atoms with E-state index >= 15 is 0 Å². The average Bonchev–Trinajstić information content (AvgIpc) is 2.57. The Kier molecular flexibility index (Phi) is 2.41. The fourth-order valence-electron chi connectivity index (χ4n) is 1.63. The summed E-state index contributed by atoms with van der Waals surface area (Å²) in [6.07, 6.45) is 0. The normalized spacial score (nSPS) is 20.2. The van der Waals surface area contributed by atoms with Gasteiger partial charge in [-0.3, -0.25) is 0 Å². The van der Waals surface area contributed by atoms with E-state index < -0.39 is 10.0 Å². The van der Waals surface area contributed by atoms with Gasteiger partial charge in [0.2, 0.25) is 10.0 Å². The second kappa shape index (κ2) is 3.32. The van der Waals surface area contributed by atoms with E-state index in [-0.39, 0.29) is 0 Å². The predicted octanol–water partition coefficient (Wildman–Crippen LogP) is 1.91. The molecule has 1 aliphatic rings. The van der Waals surface area contributed by atoms with Crippen molar-refractivity contribution in [1.82, 2.24) is 4.31 Å². The highest BCUT2D eigenvalue weighted by Gasteiger charge is 2.35. The Labute approximate surface area is 88.4 Å². The number of hydrogen-bond donors (Lipinski definition) is 0. The Bertz CT molecular complexity index is 433. The van der Waals surface area contributed by atoms with Gasteiger partial charge in [-0.15, -0.1) is 11.3 Å². The number of thiophene rings is 1. The SMILES string of the molecule is CC(C)CN1Cc2sccc2S1(=O)=O. The maximum Gasteiger partial charge on any atom is 0.244 e. The third-order valence-electron chi connectivity index (χ3n) is 2.21. The van der Waals surface area contributed by atoms with Crippen molar-refractivity contribution in [3.05, 3.63) is 16.3 Å². The third kappa shape index (κ3) is 1.49. The highest BCUT2D eigenvalue weighted by atomic mass is 32.2. The lowest BCUT2D eigenvalue weighted by atomic mass is 10.2. The molecule has 14 heavy (non-hydrogen) atoms. The van der Waals surface area contributed by atoms with E-state index in [0.717, 1.165) is 4.88 Å². The molecule has 0 spiro atoms. The molecule has 0 bridgehead atoms. The molecule has 78 valence electrons. The zero-order valence-electron chi connectivity index (χ0n) is 8.23. The van der Waals surface area contributed by atoms with Gasteiger partial charge in [0.25, 0.3) is 0 Å². The summed E-state index contributed by atoms with van der Waals surface area (Å²) in [6.45, 7) is 5.24. The Morgan fingerprint density at radius 2 is 2.29 bits per heavy atom. The quantitative estimate of drug-likeness (QED) is 0.779. The summed E-state index contributed by atoms with van der Waals surface area (Å²) in [5.74, 6) is 0.374. The van der Waals surface area contributed by atoms with Crippen LogP contribution in [0, 0.1) is 5.92 Å². The number of sulfonamides is 1. The fourth-order valence-corrected chi connectivity index (χ4v) is 4.70. The van der Waals surface area contributed by atoms with E-state index in [1.807, 2.05) is 19.2 Å². The summed E-state index contributed by atoms with van der Waals surface area (Å²) < 4.78 is 25.4. The van der Waals surface area contributed by atoms with Gasteiger partial charge in [-0.1, -0.05) is 13.8 Å². The van der Waals surface area contributed by atoms with Gasteiger partial charge in [-0.25, -0.2) is 8.42 Å². The largest absolute Gasteiger partial charge is 0.244 e. The number of hydrogen-bond acceptors (Lipinski definition) is 3. The van der Waals surface area contributed by atoms with Crippen LogP contribution in [0.2, 0.25) is 0 Å². The third-order valence-corrected chi connectivity index (χ3v) is 5.14. The van der Waals surface area contributed by atoms with Crippen LogP contribution in [0.5, 0.6) is 0 Å². The summed E-state index contributed by atoms with van der Waals surface area (Å²) in [4.78, 5) is 1.49. The Morgan fingerprint density at radius 3 is 2.86 bits per heavy atom. The minimum absolute atomic E-state index is 0.374. The minimum Gasteiger partial charge on any atom is -0.207 e. The van der Waals surface area contributed by atoms with E-state index in [1.165, 1.54) is 11.3 Å². The molecule has 0 atom stereocenters. The van der Waals surface area contributed by atoms with Gasteiger partial charge in [0.15, 0.2) is 0 Å². The van der Waals surface area contributed by atoms with E-state index in [2.05, 4.69) is 0 Å². The summed E-state index contributed by atoms with van der Waals surface area (Å²) in [5, 5.41) is 1.84. The molecule has 1 aliphatic heterocycles. The van der Waals surface area contributed by atoms with Crippen LogP contribution >= 0.6 is 11.3 Å². The summed E-state index contributed by atoms with van der Waals surface area (Å²) in [5.41, 5.74) is 0. The lowest BCUT2D eigenvalue weighted by Crippen LogP contribution is -2.28. The lowest BCUT2D eigenvalue weighted by Gasteiger charge is -2.16. The van der Waals surface area contributed by atoms with Crippen molar-refractivity contribution < 1.29 is 8.42 Å². The molecule has 1 aromatic heterocycles. The van der Waals surface area contributed by atoms with Crippen LogP contribution in [0.4, 0.5) is 0 Å². The van der Waals surface area contributed by atoms with Crippen molar-refractivity contribution in [3.63, 3.8) is 0 Å². The van der Waals surface area contributed by atoms with Gasteiger partial charge in [0.05, 0.1) is 4.90 Å².